The average molecular weight is 1640 g/mol. The van der Waals surface area contributed by atoms with Crippen molar-refractivity contribution in [2.24, 2.45) is 0 Å². The van der Waals surface area contributed by atoms with Crippen LogP contribution in [-0.4, -0.2) is 95.5 Å². The molecule has 14 aromatic rings. The van der Waals surface area contributed by atoms with Crippen molar-refractivity contribution in [3.05, 3.63) is 146 Å². The van der Waals surface area contributed by atoms with Gasteiger partial charge in [0.15, 0.2) is 57.2 Å². The number of benzene rings is 12. The molecule has 524 valence electrons. The third kappa shape index (κ3) is 15.1. The molecule has 4 N–H and O–H groups in total. The Morgan fingerprint density at radius 3 is 0.840 bits per heavy atom. The van der Waals surface area contributed by atoms with Crippen molar-refractivity contribution in [2.45, 2.75) is 0 Å². The van der Waals surface area contributed by atoms with Crippen LogP contribution < -0.4 is 163 Å². The van der Waals surface area contributed by atoms with Gasteiger partial charge in [0, 0.05) is 75.4 Å². The summed E-state index contributed by atoms with van der Waals surface area (Å²) in [5.41, 5.74) is 12.2. The van der Waals surface area contributed by atoms with Crippen molar-refractivity contribution >= 4 is 203 Å². The summed E-state index contributed by atoms with van der Waals surface area (Å²) in [6.07, 6.45) is 0. The number of oxazole rings is 2. The van der Waals surface area contributed by atoms with Crippen molar-refractivity contribution < 1.29 is 253 Å². The Bertz CT molecular complexity index is 6550. The first-order valence-corrected chi connectivity index (χ1v) is 38.4. The number of nitrogens with two attached hydrogens (primary N) is 2. The fraction of sp³-hybridized carbons (Fsp3) is 0. The van der Waals surface area contributed by atoms with Gasteiger partial charge in [-0.3, -0.25) is 0 Å². The molecule has 0 spiro atoms. The molecule has 48 heteroatoms. The third-order valence-corrected chi connectivity index (χ3v) is 21.0. The summed E-state index contributed by atoms with van der Waals surface area (Å²) in [6, 6.07) is 32.9. The van der Waals surface area contributed by atoms with E-state index in [1.807, 2.05) is 0 Å². The molecule has 0 radical (unpaired) electrons. The molecule has 0 saturated carbocycles. The first kappa shape index (κ1) is 80.0. The van der Waals surface area contributed by atoms with Gasteiger partial charge in [-0.25, -0.2) is 43.6 Å². The minimum Gasteiger partial charge on any atom is -0.716 e. The second kappa shape index (κ2) is 28.2. The topological polar surface area (TPSA) is 562 Å². The fourth-order valence-electron chi connectivity index (χ4n) is 11.9. The molecule has 0 aliphatic carbocycles. The summed E-state index contributed by atoms with van der Waals surface area (Å²) in [7, 11) is -42.7. The molecule has 0 unspecified atom stereocenters. The molecule has 0 fully saturated rings. The van der Waals surface area contributed by atoms with Crippen molar-refractivity contribution in [2.75, 3.05) is 11.5 Å². The molecular formula is C58H28N4Na4O32S8. The summed E-state index contributed by atoms with van der Waals surface area (Å²) < 4.78 is 302. The van der Waals surface area contributed by atoms with Gasteiger partial charge in [0.2, 0.25) is 11.8 Å². The Morgan fingerprint density at radius 2 is 0.566 bits per heavy atom. The van der Waals surface area contributed by atoms with Crippen molar-refractivity contribution in [3.8, 4) is 68.9 Å². The van der Waals surface area contributed by atoms with Crippen LogP contribution in [0.15, 0.2) is 154 Å². The Labute approximate surface area is 683 Å². The number of rotatable bonds is 10. The normalized spacial score (nSPS) is 15.1. The fourth-order valence-corrected chi connectivity index (χ4v) is 17.0. The van der Waals surface area contributed by atoms with E-state index in [0.717, 1.165) is 0 Å². The first-order valence-electron chi connectivity index (χ1n) is 27.7. The van der Waals surface area contributed by atoms with Crippen LogP contribution in [0.1, 0.15) is 0 Å². The van der Waals surface area contributed by atoms with E-state index in [1.165, 1.54) is 121 Å². The van der Waals surface area contributed by atoms with Gasteiger partial charge >= 0.3 is 160 Å². The van der Waals surface area contributed by atoms with E-state index in [9.17, 15) is 85.6 Å². The Kier molecular flexibility index (Phi) is 21.3. The predicted octanol–water partition coefficient (Wildman–Crippen LogP) is -4.69. The Hall–Kier alpha value is -6.98. The summed E-state index contributed by atoms with van der Waals surface area (Å²) in [5, 5.41) is -1.24. The van der Waals surface area contributed by atoms with Gasteiger partial charge in [-0.05, 0) is 48.5 Å². The van der Waals surface area contributed by atoms with Crippen LogP contribution in [0.3, 0.4) is 0 Å². The number of nitrogen functional groups attached to an aromatic ring is 2. The molecule has 0 saturated heterocycles. The van der Waals surface area contributed by atoms with Crippen LogP contribution in [0.25, 0.3) is 131 Å². The average Bonchev–Trinajstić information content (AvgIpc) is 1.71. The molecule has 2 aliphatic rings. The Morgan fingerprint density at radius 1 is 0.321 bits per heavy atom. The summed E-state index contributed by atoms with van der Waals surface area (Å²) >= 11 is 0. The second-order valence-electron chi connectivity index (χ2n) is 21.6. The van der Waals surface area contributed by atoms with Crippen LogP contribution in [0.2, 0.25) is 0 Å². The molecule has 0 atom stereocenters. The maximum atomic E-state index is 12.6. The van der Waals surface area contributed by atoms with E-state index < -0.39 is 106 Å². The van der Waals surface area contributed by atoms with Crippen molar-refractivity contribution in [3.63, 3.8) is 0 Å². The van der Waals surface area contributed by atoms with Crippen LogP contribution in [0.4, 0.5) is 11.4 Å². The quantitative estimate of drug-likeness (QED) is 0.0427. The summed E-state index contributed by atoms with van der Waals surface area (Å²) in [5.74, 6) is -4.16. The van der Waals surface area contributed by atoms with E-state index in [0.29, 0.717) is 0 Å². The largest absolute Gasteiger partial charge is 1.00 e. The smallest absolute Gasteiger partial charge is 0.716 e. The number of hydrogen-bond acceptors (Lipinski definition) is 36. The van der Waals surface area contributed by atoms with E-state index in [2.05, 4.69) is 17.2 Å². The van der Waals surface area contributed by atoms with Gasteiger partial charge in [-0.1, -0.05) is 104 Å². The zero-order valence-electron chi connectivity index (χ0n) is 53.2. The third-order valence-electron chi connectivity index (χ3n) is 15.4. The van der Waals surface area contributed by atoms with Crippen LogP contribution >= 0.6 is 0 Å². The monoisotopic (exact) mass is 1640 g/mol. The molecule has 36 nitrogen and oxygen atoms in total. The minimum absolute atomic E-state index is 0. The number of fused-ring (bicyclic) bond motifs is 12. The zero-order chi connectivity index (χ0) is 72.5. The molecule has 16 rings (SSSR count). The predicted molar refractivity (Wildman–Crippen MR) is 349 cm³/mol. The number of hydrogen-bond donors (Lipinski definition) is 2. The molecule has 0 amide bonds. The SMILES string of the molecule is Nc1c(-c2nc3cc4c5c6ccccc6c(c4cc3o2)OS(=O)(=O)OS(=O)(=O)O5)ccc2c(OS(=O)(=O)[O-])c3ccccc3c(OS(=O)(=O)[O-])c12.Nc1c(-c2nc3cc4c5c6ccccc6c(c4cc3o2)OS(=O)(=O)OS(=O)(=O)O5)ccc2c(OS(=O)(=O)[O-])c3ccccc3c(OS(=O)(=O)[O-])c12.[Na+].[Na+].[Na+].[Na+]. The van der Waals surface area contributed by atoms with Gasteiger partial charge in [-0.2, -0.15) is 33.7 Å². The summed E-state index contributed by atoms with van der Waals surface area (Å²) in [4.78, 5) is 8.85. The Balaban J connectivity index is 0.000000204. The van der Waals surface area contributed by atoms with Crippen LogP contribution in [0, 0.1) is 0 Å². The zero-order valence-corrected chi connectivity index (χ0v) is 67.8. The van der Waals surface area contributed by atoms with Gasteiger partial charge in [0.1, 0.15) is 11.0 Å². The molecule has 4 bridgehead atoms. The number of anilines is 2. The van der Waals surface area contributed by atoms with Gasteiger partial charge in [0.05, 0.1) is 33.3 Å². The number of nitrogens with zero attached hydrogens (tertiary/aromatic N) is 2. The van der Waals surface area contributed by atoms with Crippen molar-refractivity contribution in [1.29, 1.82) is 0 Å². The molecular weight excluding hydrogens is 1610 g/mol. The van der Waals surface area contributed by atoms with Crippen LogP contribution in [0.5, 0.6) is 46.0 Å². The molecule has 2 aromatic heterocycles. The van der Waals surface area contributed by atoms with E-state index >= 15 is 0 Å². The van der Waals surface area contributed by atoms with E-state index in [1.54, 1.807) is 24.3 Å². The van der Waals surface area contributed by atoms with Crippen molar-refractivity contribution in [1.82, 2.24) is 9.97 Å². The molecule has 4 heterocycles. The minimum atomic E-state index is -5.47. The van der Waals surface area contributed by atoms with Gasteiger partial charge < -0.3 is 72.0 Å². The number of aromatic nitrogens is 2. The molecule has 106 heavy (non-hydrogen) atoms. The van der Waals surface area contributed by atoms with E-state index in [-0.39, 0.29) is 284 Å². The van der Waals surface area contributed by atoms with E-state index in [4.69, 9.17) is 53.8 Å². The standard InChI is InChI=1S/2C29H16N2O16S4.4Na/c2*30-24-18(10-9-17-23(24)28(44-49(35,36)37)16-8-4-3-7-15(16)25(17)43-48(32,33)34)29-31-21-11-19-20(12-22(21)42-29)27-14-6-2-1-5-13(14)26(19)45-50(38,39)47-51(40,41)46-27;;;;/h2*1-12H,30H2,(H,32,33,34)(H,35,36,37);;;;/q;;4*+1/p-4. The molecule has 2 aliphatic heterocycles. The molecule has 12 aromatic carbocycles. The van der Waals surface area contributed by atoms with Crippen LogP contribution in [-0.2, 0) is 90.5 Å². The van der Waals surface area contributed by atoms with Gasteiger partial charge in [0.25, 0.3) is 41.6 Å². The second-order valence-corrected chi connectivity index (χ2v) is 30.5. The maximum Gasteiger partial charge on any atom is 1.00 e. The van der Waals surface area contributed by atoms with Gasteiger partial charge in [-0.15, -0.1) is 0 Å². The first-order chi connectivity index (χ1) is 47.8. The summed E-state index contributed by atoms with van der Waals surface area (Å²) in [6.45, 7) is 0. The maximum absolute atomic E-state index is 12.6.